The van der Waals surface area contributed by atoms with Crippen molar-refractivity contribution in [1.29, 1.82) is 0 Å². The number of nitrogens with zero attached hydrogens (tertiary/aromatic N) is 1. The molecule has 1 saturated carbocycles. The molecule has 4 heteroatoms. The highest BCUT2D eigenvalue weighted by Gasteiger charge is 2.44. The monoisotopic (exact) mass is 197 g/mol. The first-order valence-electron chi connectivity index (χ1n) is 5.09. The molecule has 1 amide bonds. The molecule has 2 fully saturated rings. The van der Waals surface area contributed by atoms with Crippen molar-refractivity contribution < 1.29 is 14.7 Å². The van der Waals surface area contributed by atoms with Crippen LogP contribution in [0.15, 0.2) is 0 Å². The van der Waals surface area contributed by atoms with Crippen LogP contribution < -0.4 is 0 Å². The van der Waals surface area contributed by atoms with Gasteiger partial charge in [-0.1, -0.05) is 0 Å². The van der Waals surface area contributed by atoms with E-state index < -0.39 is 5.97 Å². The van der Waals surface area contributed by atoms with E-state index in [9.17, 15) is 9.59 Å². The van der Waals surface area contributed by atoms with E-state index in [2.05, 4.69) is 0 Å². The molecular formula is C10H15NO3. The van der Waals surface area contributed by atoms with Crippen molar-refractivity contribution >= 4 is 11.9 Å². The second-order valence-corrected chi connectivity index (χ2v) is 4.34. The van der Waals surface area contributed by atoms with Gasteiger partial charge in [-0.25, -0.2) is 0 Å². The number of rotatable bonds is 1. The molecule has 1 heterocycles. The molecule has 2 rings (SSSR count). The Labute approximate surface area is 82.9 Å². The molecule has 0 aromatic heterocycles. The minimum absolute atomic E-state index is 0.0154. The van der Waals surface area contributed by atoms with Gasteiger partial charge in [0.15, 0.2) is 0 Å². The zero-order valence-electron chi connectivity index (χ0n) is 8.27. The third kappa shape index (κ3) is 1.38. The maximum atomic E-state index is 11.3. The van der Waals surface area contributed by atoms with Crippen molar-refractivity contribution in [2.24, 2.45) is 11.8 Å². The summed E-state index contributed by atoms with van der Waals surface area (Å²) in [6.07, 6.45) is 2.83. The summed E-state index contributed by atoms with van der Waals surface area (Å²) < 4.78 is 0. The van der Waals surface area contributed by atoms with Gasteiger partial charge in [0.05, 0.1) is 5.92 Å². The molecule has 14 heavy (non-hydrogen) atoms. The smallest absolute Gasteiger partial charge is 0.308 e. The van der Waals surface area contributed by atoms with Crippen molar-refractivity contribution in [2.45, 2.75) is 32.2 Å². The first-order chi connectivity index (χ1) is 6.59. The first kappa shape index (κ1) is 9.49. The van der Waals surface area contributed by atoms with E-state index in [4.69, 9.17) is 5.11 Å². The molecular weight excluding hydrogens is 182 g/mol. The van der Waals surface area contributed by atoms with E-state index in [1.807, 2.05) is 0 Å². The summed E-state index contributed by atoms with van der Waals surface area (Å²) in [5, 5.41) is 9.02. The van der Waals surface area contributed by atoms with Crippen LogP contribution in [0.2, 0.25) is 0 Å². The molecule has 1 N–H and O–H groups in total. The molecule has 2 bridgehead atoms. The van der Waals surface area contributed by atoms with Crippen molar-refractivity contribution in [2.75, 3.05) is 6.54 Å². The highest BCUT2D eigenvalue weighted by atomic mass is 16.4. The van der Waals surface area contributed by atoms with E-state index in [1.165, 1.54) is 6.92 Å². The minimum atomic E-state index is -0.749. The number of hydrogen-bond donors (Lipinski definition) is 1. The molecule has 3 atom stereocenters. The van der Waals surface area contributed by atoms with Crippen molar-refractivity contribution in [1.82, 2.24) is 4.90 Å². The third-order valence-corrected chi connectivity index (χ3v) is 3.57. The molecule has 0 radical (unpaired) electrons. The summed E-state index contributed by atoms with van der Waals surface area (Å²) in [6, 6.07) is 0.313. The fraction of sp³-hybridized carbons (Fsp3) is 0.800. The Hall–Kier alpha value is -1.06. The lowest BCUT2D eigenvalue weighted by atomic mass is 9.87. The summed E-state index contributed by atoms with van der Waals surface area (Å²) >= 11 is 0. The fourth-order valence-electron chi connectivity index (χ4n) is 2.82. The number of piperidine rings is 1. The lowest BCUT2D eigenvalue weighted by Crippen LogP contribution is -2.47. The molecule has 3 unspecified atom stereocenters. The lowest BCUT2D eigenvalue weighted by molar-refractivity contribution is -0.148. The molecule has 1 aliphatic carbocycles. The normalized spacial score (nSPS) is 35.8. The highest BCUT2D eigenvalue weighted by Crippen LogP contribution is 2.40. The zero-order valence-corrected chi connectivity index (χ0v) is 8.27. The predicted octanol–water partition coefficient (Wildman–Crippen LogP) is 0.718. The topological polar surface area (TPSA) is 57.6 Å². The highest BCUT2D eigenvalue weighted by molar-refractivity contribution is 5.76. The van der Waals surface area contributed by atoms with Gasteiger partial charge in [0.25, 0.3) is 0 Å². The Morgan fingerprint density at radius 1 is 1.36 bits per heavy atom. The van der Waals surface area contributed by atoms with Crippen LogP contribution in [-0.4, -0.2) is 34.5 Å². The quantitative estimate of drug-likeness (QED) is 0.673. The molecule has 0 spiro atoms. The van der Waals surface area contributed by atoms with Gasteiger partial charge in [0.1, 0.15) is 0 Å². The van der Waals surface area contributed by atoms with Crippen LogP contribution in [0.5, 0.6) is 0 Å². The van der Waals surface area contributed by atoms with Gasteiger partial charge >= 0.3 is 5.97 Å². The molecule has 0 aromatic carbocycles. The number of carboxylic acid groups (broad SMARTS) is 1. The van der Waals surface area contributed by atoms with Gasteiger partial charge in [0, 0.05) is 19.5 Å². The van der Waals surface area contributed by atoms with Crippen molar-refractivity contribution in [3.05, 3.63) is 0 Å². The van der Waals surface area contributed by atoms with E-state index >= 15 is 0 Å². The summed E-state index contributed by atoms with van der Waals surface area (Å²) in [5.41, 5.74) is 0. The summed E-state index contributed by atoms with van der Waals surface area (Å²) in [7, 11) is 0. The van der Waals surface area contributed by atoms with Crippen LogP contribution in [0.1, 0.15) is 26.2 Å². The molecule has 78 valence electrons. The van der Waals surface area contributed by atoms with Gasteiger partial charge < -0.3 is 10.0 Å². The fourth-order valence-corrected chi connectivity index (χ4v) is 2.82. The summed E-state index contributed by atoms with van der Waals surface area (Å²) in [4.78, 5) is 24.0. The molecule has 2 aliphatic rings. The first-order valence-corrected chi connectivity index (χ1v) is 5.09. The Morgan fingerprint density at radius 2 is 2.07 bits per heavy atom. The SMILES string of the molecule is CC(=O)N1CC(C(=O)O)C2CCC1C2. The second kappa shape index (κ2) is 3.26. The van der Waals surface area contributed by atoms with Crippen molar-refractivity contribution in [3.8, 4) is 0 Å². The number of carbonyl (C=O) groups is 2. The van der Waals surface area contributed by atoms with E-state index in [1.54, 1.807) is 4.90 Å². The van der Waals surface area contributed by atoms with Crippen LogP contribution in [-0.2, 0) is 9.59 Å². The van der Waals surface area contributed by atoms with Crippen LogP contribution in [0.3, 0.4) is 0 Å². The van der Waals surface area contributed by atoms with Crippen LogP contribution in [0, 0.1) is 11.8 Å². The number of aliphatic carboxylic acids is 1. The average molecular weight is 197 g/mol. The molecule has 1 saturated heterocycles. The lowest BCUT2D eigenvalue weighted by Gasteiger charge is -2.36. The van der Waals surface area contributed by atoms with E-state index in [0.29, 0.717) is 18.5 Å². The van der Waals surface area contributed by atoms with Gasteiger partial charge in [-0.05, 0) is 25.2 Å². The maximum absolute atomic E-state index is 11.3. The Kier molecular flexibility index (Phi) is 2.21. The zero-order chi connectivity index (χ0) is 10.3. The van der Waals surface area contributed by atoms with Gasteiger partial charge in [0.2, 0.25) is 5.91 Å². The van der Waals surface area contributed by atoms with Gasteiger partial charge in [-0.3, -0.25) is 9.59 Å². The van der Waals surface area contributed by atoms with Gasteiger partial charge in [-0.2, -0.15) is 0 Å². The molecule has 1 aliphatic heterocycles. The predicted molar refractivity (Wildman–Crippen MR) is 49.6 cm³/mol. The Morgan fingerprint density at radius 3 is 2.64 bits per heavy atom. The van der Waals surface area contributed by atoms with Crippen LogP contribution >= 0.6 is 0 Å². The largest absolute Gasteiger partial charge is 0.481 e. The van der Waals surface area contributed by atoms with Crippen molar-refractivity contribution in [3.63, 3.8) is 0 Å². The van der Waals surface area contributed by atoms with E-state index in [-0.39, 0.29) is 11.8 Å². The number of likely N-dealkylation sites (tertiary alicyclic amines) is 1. The summed E-state index contributed by atoms with van der Waals surface area (Å²) in [6.45, 7) is 1.94. The Bertz CT molecular complexity index is 251. The number of carbonyl (C=O) groups excluding carboxylic acids is 1. The standard InChI is InChI=1S/C10H15NO3/c1-6(12)11-5-9(10(13)14)7-2-3-8(11)4-7/h7-9H,2-5H2,1H3,(H,13,14). The maximum Gasteiger partial charge on any atom is 0.308 e. The number of carboxylic acids is 1. The van der Waals surface area contributed by atoms with Crippen LogP contribution in [0.4, 0.5) is 0 Å². The minimum Gasteiger partial charge on any atom is -0.481 e. The van der Waals surface area contributed by atoms with Gasteiger partial charge in [-0.15, -0.1) is 0 Å². The number of hydrogen-bond acceptors (Lipinski definition) is 2. The summed E-state index contributed by atoms with van der Waals surface area (Å²) in [5.74, 6) is -0.769. The third-order valence-electron chi connectivity index (χ3n) is 3.57. The van der Waals surface area contributed by atoms with E-state index in [0.717, 1.165) is 19.3 Å². The number of fused-ring (bicyclic) bond motifs is 2. The Balaban J connectivity index is 2.17. The molecule has 4 nitrogen and oxygen atoms in total. The average Bonchev–Trinajstić information content (AvgIpc) is 2.48. The second-order valence-electron chi connectivity index (χ2n) is 4.34. The number of amides is 1. The van der Waals surface area contributed by atoms with Crippen LogP contribution in [0.25, 0.3) is 0 Å². The molecule has 0 aromatic rings.